The fraction of sp³-hybridized carbons (Fsp3) is 0.577. The molecular weight excluding hydrogens is 522 g/mol. The van der Waals surface area contributed by atoms with Gasteiger partial charge in [0.1, 0.15) is 23.9 Å². The maximum Gasteiger partial charge on any atom is 0.326 e. The number of primary amides is 1. The van der Waals surface area contributed by atoms with Crippen molar-refractivity contribution in [3.63, 3.8) is 0 Å². The van der Waals surface area contributed by atoms with Crippen LogP contribution in [0.3, 0.4) is 0 Å². The number of unbranched alkanes of at least 4 members (excludes halogenated alkanes) is 2. The number of carbonyl (C=O) groups excluding carboxylic acids is 4. The van der Waals surface area contributed by atoms with Crippen LogP contribution in [-0.4, -0.2) is 77.1 Å². The van der Waals surface area contributed by atoms with Crippen LogP contribution in [0.4, 0.5) is 0 Å². The van der Waals surface area contributed by atoms with E-state index in [0.29, 0.717) is 44.3 Å². The summed E-state index contributed by atoms with van der Waals surface area (Å²) < 4.78 is 0. The Balaban J connectivity index is 2.99. The van der Waals surface area contributed by atoms with Crippen LogP contribution in [0, 0.1) is 0 Å². The predicted molar refractivity (Wildman–Crippen MR) is 147 cm³/mol. The molecule has 4 atom stereocenters. The van der Waals surface area contributed by atoms with Crippen LogP contribution in [0.1, 0.15) is 56.9 Å². The lowest BCUT2D eigenvalue weighted by Crippen LogP contribution is -2.57. The van der Waals surface area contributed by atoms with Crippen molar-refractivity contribution >= 4 is 29.6 Å². The van der Waals surface area contributed by atoms with E-state index in [9.17, 15) is 34.2 Å². The third kappa shape index (κ3) is 13.4. The number of aliphatic carboxylic acids is 1. The molecule has 0 saturated carbocycles. The van der Waals surface area contributed by atoms with Crippen LogP contribution in [0.25, 0.3) is 0 Å². The molecule has 0 aliphatic rings. The van der Waals surface area contributed by atoms with Crippen LogP contribution in [0.5, 0.6) is 5.75 Å². The van der Waals surface area contributed by atoms with Crippen molar-refractivity contribution in [2.45, 2.75) is 82.0 Å². The molecule has 4 amide bonds. The zero-order valence-corrected chi connectivity index (χ0v) is 22.6. The smallest absolute Gasteiger partial charge is 0.326 e. The summed E-state index contributed by atoms with van der Waals surface area (Å²) in [5.41, 5.74) is 23.0. The SMILES string of the molecule is NCCCCC(NC(=O)C(N)Cc1ccc(O)cc1)C(=O)NC(CCCCN)C(=O)NC(CCC(N)=O)C(=O)O. The van der Waals surface area contributed by atoms with E-state index in [0.717, 1.165) is 0 Å². The van der Waals surface area contributed by atoms with E-state index in [1.807, 2.05) is 0 Å². The lowest BCUT2D eigenvalue weighted by Gasteiger charge is -2.25. The highest BCUT2D eigenvalue weighted by Crippen LogP contribution is 2.12. The molecule has 1 aromatic rings. The van der Waals surface area contributed by atoms with E-state index in [-0.39, 0.29) is 37.9 Å². The highest BCUT2D eigenvalue weighted by Gasteiger charge is 2.30. The molecule has 0 aromatic heterocycles. The summed E-state index contributed by atoms with van der Waals surface area (Å²) in [6, 6.07) is 1.70. The highest BCUT2D eigenvalue weighted by molar-refractivity contribution is 5.94. The van der Waals surface area contributed by atoms with Gasteiger partial charge in [0.2, 0.25) is 23.6 Å². The normalized spacial score (nSPS) is 13.9. The molecule has 14 heteroatoms. The fourth-order valence-electron chi connectivity index (χ4n) is 3.87. The Morgan fingerprint density at radius 1 is 0.725 bits per heavy atom. The Labute approximate surface area is 233 Å². The molecule has 0 aliphatic heterocycles. The van der Waals surface area contributed by atoms with Gasteiger partial charge in [-0.3, -0.25) is 19.2 Å². The number of carbonyl (C=O) groups is 5. The Morgan fingerprint density at radius 3 is 1.65 bits per heavy atom. The van der Waals surface area contributed by atoms with Crippen LogP contribution in [0.2, 0.25) is 0 Å². The second-order valence-corrected chi connectivity index (χ2v) is 9.57. The summed E-state index contributed by atoms with van der Waals surface area (Å²) in [5.74, 6) is -3.96. The van der Waals surface area contributed by atoms with Crippen molar-refractivity contribution in [3.05, 3.63) is 29.8 Å². The first-order valence-electron chi connectivity index (χ1n) is 13.3. The van der Waals surface area contributed by atoms with Crippen molar-refractivity contribution < 1.29 is 34.2 Å². The van der Waals surface area contributed by atoms with Crippen molar-refractivity contribution in [1.82, 2.24) is 16.0 Å². The number of rotatable bonds is 20. The van der Waals surface area contributed by atoms with Gasteiger partial charge in [0.15, 0.2) is 0 Å². The molecule has 224 valence electrons. The molecule has 1 rings (SSSR count). The second-order valence-electron chi connectivity index (χ2n) is 9.57. The summed E-state index contributed by atoms with van der Waals surface area (Å²) in [6.07, 6.45) is 2.24. The third-order valence-corrected chi connectivity index (χ3v) is 6.18. The molecule has 0 spiro atoms. The fourth-order valence-corrected chi connectivity index (χ4v) is 3.87. The maximum absolute atomic E-state index is 13.3. The zero-order chi connectivity index (χ0) is 30.1. The molecule has 0 radical (unpaired) electrons. The Bertz CT molecular complexity index is 975. The van der Waals surface area contributed by atoms with Gasteiger partial charge < -0.3 is 49.1 Å². The van der Waals surface area contributed by atoms with Crippen molar-refractivity contribution in [2.75, 3.05) is 13.1 Å². The van der Waals surface area contributed by atoms with Gasteiger partial charge in [0, 0.05) is 6.42 Å². The van der Waals surface area contributed by atoms with Gasteiger partial charge in [0.05, 0.1) is 6.04 Å². The van der Waals surface area contributed by atoms with E-state index >= 15 is 0 Å². The summed E-state index contributed by atoms with van der Waals surface area (Å²) in [6.45, 7) is 0.740. The lowest BCUT2D eigenvalue weighted by atomic mass is 10.0. The Hall–Kier alpha value is -3.75. The van der Waals surface area contributed by atoms with E-state index < -0.39 is 53.8 Å². The van der Waals surface area contributed by atoms with Crippen molar-refractivity contribution in [2.24, 2.45) is 22.9 Å². The Kier molecular flexibility index (Phi) is 15.9. The molecule has 1 aromatic carbocycles. The van der Waals surface area contributed by atoms with Crippen molar-refractivity contribution in [3.8, 4) is 5.75 Å². The number of benzene rings is 1. The average Bonchev–Trinajstić information content (AvgIpc) is 2.90. The number of aromatic hydroxyl groups is 1. The minimum atomic E-state index is -1.38. The lowest BCUT2D eigenvalue weighted by molar-refractivity contribution is -0.142. The van der Waals surface area contributed by atoms with Gasteiger partial charge in [-0.25, -0.2) is 4.79 Å². The molecule has 0 bridgehead atoms. The van der Waals surface area contributed by atoms with Gasteiger partial charge in [-0.15, -0.1) is 0 Å². The summed E-state index contributed by atoms with van der Waals surface area (Å²) in [7, 11) is 0. The van der Waals surface area contributed by atoms with Crippen LogP contribution in [0.15, 0.2) is 24.3 Å². The third-order valence-electron chi connectivity index (χ3n) is 6.18. The quantitative estimate of drug-likeness (QED) is 0.0810. The number of phenolic OH excluding ortho intramolecular Hbond substituents is 1. The first-order valence-corrected chi connectivity index (χ1v) is 13.3. The van der Waals surface area contributed by atoms with E-state index in [1.54, 1.807) is 12.1 Å². The number of hydrogen-bond acceptors (Lipinski definition) is 9. The number of amides is 4. The zero-order valence-electron chi connectivity index (χ0n) is 22.6. The van der Waals surface area contributed by atoms with Gasteiger partial charge in [-0.1, -0.05) is 12.1 Å². The summed E-state index contributed by atoms with van der Waals surface area (Å²) in [5, 5.41) is 26.5. The molecular formula is C26H43N7O7. The number of carboxylic acid groups (broad SMARTS) is 1. The second kappa shape index (κ2) is 18.5. The molecule has 0 aliphatic carbocycles. The van der Waals surface area contributed by atoms with Gasteiger partial charge in [-0.05, 0) is 82.2 Å². The van der Waals surface area contributed by atoms with Gasteiger partial charge in [0.25, 0.3) is 0 Å². The standard InChI is InChI=1S/C26H43N7O7/c27-13-3-1-5-19(31-23(36)18(29)15-16-7-9-17(34)10-8-16)24(37)32-20(6-2-4-14-28)25(38)33-21(26(39)40)11-12-22(30)35/h7-10,18-21,34H,1-6,11-15,27-29H2,(H2,30,35)(H,31,36)(H,32,37)(H,33,38)(H,39,40). The molecule has 0 fully saturated rings. The van der Waals surface area contributed by atoms with Crippen molar-refractivity contribution in [1.29, 1.82) is 0 Å². The highest BCUT2D eigenvalue weighted by atomic mass is 16.4. The number of nitrogens with two attached hydrogens (primary N) is 4. The molecule has 0 heterocycles. The van der Waals surface area contributed by atoms with Gasteiger partial charge in [-0.2, -0.15) is 0 Å². The largest absolute Gasteiger partial charge is 0.508 e. The number of hydrogen-bond donors (Lipinski definition) is 9. The maximum atomic E-state index is 13.3. The molecule has 40 heavy (non-hydrogen) atoms. The van der Waals surface area contributed by atoms with Crippen LogP contribution >= 0.6 is 0 Å². The monoisotopic (exact) mass is 565 g/mol. The van der Waals surface area contributed by atoms with E-state index in [1.165, 1.54) is 12.1 Å². The molecule has 4 unspecified atom stereocenters. The van der Waals surface area contributed by atoms with Crippen LogP contribution in [-0.2, 0) is 30.4 Å². The number of carboxylic acids is 1. The Morgan fingerprint density at radius 2 is 1.20 bits per heavy atom. The molecule has 13 N–H and O–H groups in total. The first kappa shape index (κ1) is 34.3. The number of nitrogens with one attached hydrogen (secondary N) is 3. The summed E-state index contributed by atoms with van der Waals surface area (Å²) >= 11 is 0. The van der Waals surface area contributed by atoms with E-state index in [2.05, 4.69) is 16.0 Å². The average molecular weight is 566 g/mol. The van der Waals surface area contributed by atoms with E-state index in [4.69, 9.17) is 22.9 Å². The first-order chi connectivity index (χ1) is 19.0. The van der Waals surface area contributed by atoms with Gasteiger partial charge >= 0.3 is 5.97 Å². The minimum absolute atomic E-state index is 0.0750. The number of phenols is 1. The van der Waals surface area contributed by atoms with Crippen LogP contribution < -0.4 is 38.9 Å². The summed E-state index contributed by atoms with van der Waals surface area (Å²) in [4.78, 5) is 61.8. The predicted octanol–water partition coefficient (Wildman–Crippen LogP) is -1.68. The minimum Gasteiger partial charge on any atom is -0.508 e. The molecule has 14 nitrogen and oxygen atoms in total. The molecule has 0 saturated heterocycles. The topological polar surface area (TPSA) is 266 Å².